The normalized spacial score (nSPS) is 10.6. The van der Waals surface area contributed by atoms with Gasteiger partial charge >= 0.3 is 35.8 Å². The number of halogens is 1. The molecule has 14 nitrogen and oxygen atoms in total. The van der Waals surface area contributed by atoms with E-state index in [1.807, 2.05) is 0 Å². The van der Waals surface area contributed by atoms with E-state index < -0.39 is 73.5 Å². The highest BCUT2D eigenvalue weighted by Crippen LogP contribution is 2.29. The molecule has 0 aliphatic carbocycles. The number of rotatable bonds is 16. The molecule has 2 rings (SSSR count). The van der Waals surface area contributed by atoms with E-state index in [1.165, 1.54) is 44.2 Å². The van der Waals surface area contributed by atoms with Crippen LogP contribution < -0.4 is 9.47 Å². The van der Waals surface area contributed by atoms with E-state index in [-0.39, 0.29) is 35.9 Å². The predicted molar refractivity (Wildman–Crippen MR) is 163 cm³/mol. The Labute approximate surface area is 275 Å². The topological polar surface area (TPSA) is 176 Å². The molecule has 0 saturated heterocycles. The summed E-state index contributed by atoms with van der Waals surface area (Å²) < 4.78 is 55.5. The highest BCUT2D eigenvalue weighted by atomic mass is 19.1. The van der Waals surface area contributed by atoms with Crippen LogP contribution in [0.25, 0.3) is 11.1 Å². The molecule has 2 aromatic carbocycles. The van der Waals surface area contributed by atoms with Gasteiger partial charge in [-0.25, -0.2) is 33.2 Å². The van der Waals surface area contributed by atoms with E-state index in [2.05, 4.69) is 22.6 Å². The number of ether oxygens (including phenoxy) is 8. The molecular weight excluding hydrogens is 639 g/mol. The zero-order chi connectivity index (χ0) is 35.9. The smallest absolute Gasteiger partial charge is 0.417 e. The average molecular weight is 675 g/mol. The Morgan fingerprint density at radius 1 is 0.646 bits per heavy atom. The minimum Gasteiger partial charge on any atom is -0.490 e. The van der Waals surface area contributed by atoms with Crippen molar-refractivity contribution in [1.82, 2.24) is 0 Å². The van der Waals surface area contributed by atoms with Gasteiger partial charge < -0.3 is 37.9 Å². The summed E-state index contributed by atoms with van der Waals surface area (Å²) in [5.74, 6) is -7.59. The summed E-state index contributed by atoms with van der Waals surface area (Å²) in [5, 5.41) is 0. The second-order valence-electron chi connectivity index (χ2n) is 10.2. The lowest BCUT2D eigenvalue weighted by Crippen LogP contribution is -2.45. The molecule has 48 heavy (non-hydrogen) atoms. The fourth-order valence-corrected chi connectivity index (χ4v) is 3.51. The minimum atomic E-state index is -1.66. The average Bonchev–Trinajstić information content (AvgIpc) is 3.07. The van der Waals surface area contributed by atoms with Crippen molar-refractivity contribution in [1.29, 1.82) is 0 Å². The molecule has 0 atom stereocenters. The van der Waals surface area contributed by atoms with E-state index in [0.29, 0.717) is 11.1 Å². The molecule has 0 radical (unpaired) electrons. The molecule has 0 amide bonds. The van der Waals surface area contributed by atoms with Gasteiger partial charge in [0.1, 0.15) is 32.2 Å². The predicted octanol–water partition coefficient (Wildman–Crippen LogP) is 2.91. The lowest BCUT2D eigenvalue weighted by atomic mass is 9.92. The molecule has 0 spiro atoms. The molecule has 0 unspecified atom stereocenters. The second-order valence-corrected chi connectivity index (χ2v) is 10.2. The fraction of sp³-hybridized carbons (Fsp3) is 0.333. The Morgan fingerprint density at radius 2 is 1.19 bits per heavy atom. The van der Waals surface area contributed by atoms with Crippen LogP contribution in [-0.2, 0) is 57.2 Å². The Balaban J connectivity index is 2.30. The van der Waals surface area contributed by atoms with Gasteiger partial charge in [-0.2, -0.15) is 0 Å². The highest BCUT2D eigenvalue weighted by molar-refractivity contribution is 6.30. The minimum absolute atomic E-state index is 0.149. The van der Waals surface area contributed by atoms with Crippen LogP contribution in [0.15, 0.2) is 66.8 Å². The van der Waals surface area contributed by atoms with Crippen LogP contribution in [0.1, 0.15) is 13.8 Å². The first-order valence-corrected chi connectivity index (χ1v) is 14.0. The Morgan fingerprint density at radius 3 is 1.69 bits per heavy atom. The summed E-state index contributed by atoms with van der Waals surface area (Å²) in [6, 6.07) is 10.3. The Hall–Kier alpha value is -5.57. The summed E-state index contributed by atoms with van der Waals surface area (Å²) >= 11 is 0. The van der Waals surface area contributed by atoms with Gasteiger partial charge in [-0.15, -0.1) is 0 Å². The molecule has 2 aromatic rings. The third kappa shape index (κ3) is 12.0. The largest absolute Gasteiger partial charge is 0.490 e. The maximum absolute atomic E-state index is 15.3. The molecule has 258 valence electrons. The van der Waals surface area contributed by atoms with Gasteiger partial charge in [0.15, 0.2) is 11.6 Å². The zero-order valence-corrected chi connectivity index (χ0v) is 26.8. The summed E-state index contributed by atoms with van der Waals surface area (Å²) in [7, 11) is 1.90. The van der Waals surface area contributed by atoms with E-state index in [4.69, 9.17) is 28.4 Å². The zero-order valence-electron chi connectivity index (χ0n) is 26.8. The van der Waals surface area contributed by atoms with Crippen LogP contribution in [0, 0.1) is 11.2 Å². The molecule has 0 saturated carbocycles. The number of methoxy groups -OCH3 is 2. The van der Waals surface area contributed by atoms with Crippen LogP contribution in [0.2, 0.25) is 0 Å². The van der Waals surface area contributed by atoms with Crippen molar-refractivity contribution in [2.75, 3.05) is 53.9 Å². The van der Waals surface area contributed by atoms with Crippen LogP contribution in [0.5, 0.6) is 11.5 Å². The second kappa shape index (κ2) is 18.5. The maximum atomic E-state index is 15.3. The molecule has 0 fully saturated rings. The van der Waals surface area contributed by atoms with Gasteiger partial charge in [0, 0.05) is 11.1 Å². The van der Waals surface area contributed by atoms with Crippen molar-refractivity contribution in [3.63, 3.8) is 0 Å². The van der Waals surface area contributed by atoms with Gasteiger partial charge in [0.2, 0.25) is 0 Å². The van der Waals surface area contributed by atoms with Crippen molar-refractivity contribution in [3.05, 3.63) is 72.6 Å². The molecule has 0 N–H and O–H groups in total. The van der Waals surface area contributed by atoms with Crippen molar-refractivity contribution < 1.29 is 71.1 Å². The number of hydrogen-bond acceptors (Lipinski definition) is 14. The van der Waals surface area contributed by atoms with Crippen LogP contribution in [0.3, 0.4) is 0 Å². The molecule has 0 aromatic heterocycles. The fourth-order valence-electron chi connectivity index (χ4n) is 3.51. The summed E-state index contributed by atoms with van der Waals surface area (Å²) in [4.78, 5) is 71.0. The standard InChI is InChI=1S/C33H35FO14/c1-20(2)27(35)44-14-13-43-16-33(18-46-31(39)29(37)41-5,19-47-32(40)30(38)42-6)17-45-26-12-9-23(15-25(26)34)22-7-10-24(11-8-22)48-28(36)21(3)4/h7-12,15H,1,3,13-14,16-19H2,2,4-6H3. The van der Waals surface area contributed by atoms with Gasteiger partial charge in [-0.1, -0.05) is 31.4 Å². The van der Waals surface area contributed by atoms with E-state index in [9.17, 15) is 28.8 Å². The number of carbonyl (C=O) groups is 6. The van der Waals surface area contributed by atoms with Crippen LogP contribution in [0.4, 0.5) is 4.39 Å². The summed E-state index contributed by atoms with van der Waals surface area (Å²) in [5.41, 5.74) is -0.268. The number of hydrogen-bond donors (Lipinski definition) is 0. The monoisotopic (exact) mass is 674 g/mol. The van der Waals surface area contributed by atoms with Gasteiger partial charge in [-0.3, -0.25) is 0 Å². The van der Waals surface area contributed by atoms with E-state index in [1.54, 1.807) is 12.1 Å². The number of carbonyl (C=O) groups excluding carboxylic acids is 6. The first-order valence-electron chi connectivity index (χ1n) is 14.0. The van der Waals surface area contributed by atoms with Gasteiger partial charge in [-0.05, 0) is 49.2 Å². The lowest BCUT2D eigenvalue weighted by molar-refractivity contribution is -0.176. The number of benzene rings is 2. The third-order valence-electron chi connectivity index (χ3n) is 6.15. The Kier molecular flexibility index (Phi) is 14.9. The van der Waals surface area contributed by atoms with Crippen LogP contribution in [-0.4, -0.2) is 89.7 Å². The van der Waals surface area contributed by atoms with Gasteiger partial charge in [0.05, 0.1) is 32.8 Å². The van der Waals surface area contributed by atoms with Crippen molar-refractivity contribution in [2.45, 2.75) is 13.8 Å². The van der Waals surface area contributed by atoms with Crippen LogP contribution >= 0.6 is 0 Å². The number of esters is 6. The first kappa shape index (κ1) is 38.6. The van der Waals surface area contributed by atoms with E-state index in [0.717, 1.165) is 14.2 Å². The molecule has 0 bridgehead atoms. The van der Waals surface area contributed by atoms with Gasteiger partial charge in [0.25, 0.3) is 0 Å². The van der Waals surface area contributed by atoms with Crippen molar-refractivity contribution in [2.24, 2.45) is 5.41 Å². The van der Waals surface area contributed by atoms with E-state index >= 15 is 4.39 Å². The maximum Gasteiger partial charge on any atom is 0.417 e. The lowest BCUT2D eigenvalue weighted by Gasteiger charge is -2.32. The summed E-state index contributed by atoms with van der Waals surface area (Å²) in [6.07, 6.45) is 0. The molecule has 15 heteroatoms. The third-order valence-corrected chi connectivity index (χ3v) is 6.15. The quantitative estimate of drug-likeness (QED) is 0.0634. The summed E-state index contributed by atoms with van der Waals surface area (Å²) in [6.45, 7) is 7.11. The van der Waals surface area contributed by atoms with Crippen molar-refractivity contribution in [3.8, 4) is 22.6 Å². The molecule has 0 heterocycles. The molecule has 0 aliphatic heterocycles. The highest BCUT2D eigenvalue weighted by Gasteiger charge is 2.38. The van der Waals surface area contributed by atoms with Crippen molar-refractivity contribution >= 4 is 35.8 Å². The molecule has 0 aliphatic rings. The molecular formula is C33H35FO14. The first-order chi connectivity index (χ1) is 22.7. The Bertz CT molecular complexity index is 1500. The SMILES string of the molecule is C=C(C)C(=O)OCCOCC(COC(=O)C(=O)OC)(COC(=O)C(=O)OC)COc1ccc(-c2ccc(OC(=O)C(=C)C)cc2)cc1F.